The van der Waals surface area contributed by atoms with Crippen LogP contribution in [0.5, 0.6) is 0 Å². The molecule has 0 radical (unpaired) electrons. The molecule has 0 amide bonds. The zero-order chi connectivity index (χ0) is 15.9. The van der Waals surface area contributed by atoms with E-state index in [9.17, 15) is 0 Å². The summed E-state index contributed by atoms with van der Waals surface area (Å²) in [6.07, 6.45) is 3.74. The van der Waals surface area contributed by atoms with Crippen LogP contribution in [0.3, 0.4) is 0 Å². The summed E-state index contributed by atoms with van der Waals surface area (Å²) in [6, 6.07) is 11.4. The molecular formula is C20H35N. The Balaban J connectivity index is 2.24. The molecule has 0 spiro atoms. The lowest BCUT2D eigenvalue weighted by atomic mass is 9.83. The zero-order valence-electron chi connectivity index (χ0n) is 14.9. The Morgan fingerprint density at radius 1 is 0.952 bits per heavy atom. The maximum absolute atomic E-state index is 3.72. The third kappa shape index (κ3) is 8.93. The van der Waals surface area contributed by atoms with Gasteiger partial charge in [-0.05, 0) is 55.5 Å². The van der Waals surface area contributed by atoms with Crippen LogP contribution >= 0.6 is 0 Å². The second-order valence-electron chi connectivity index (χ2n) is 8.21. The lowest BCUT2D eigenvalue weighted by molar-refractivity contribution is 0.276. The Morgan fingerprint density at radius 3 is 2.14 bits per heavy atom. The highest BCUT2D eigenvalue weighted by Gasteiger charge is 2.17. The van der Waals surface area contributed by atoms with Gasteiger partial charge in [-0.1, -0.05) is 65.0 Å². The fourth-order valence-electron chi connectivity index (χ4n) is 3.31. The first-order valence-corrected chi connectivity index (χ1v) is 8.53. The fourth-order valence-corrected chi connectivity index (χ4v) is 3.31. The molecule has 0 bridgehead atoms. The van der Waals surface area contributed by atoms with Crippen LogP contribution in [-0.2, 0) is 6.42 Å². The fraction of sp³-hybridized carbons (Fsp3) is 0.700. The van der Waals surface area contributed by atoms with Crippen molar-refractivity contribution in [3.63, 3.8) is 0 Å². The van der Waals surface area contributed by atoms with Crippen LogP contribution in [0, 0.1) is 17.3 Å². The lowest BCUT2D eigenvalue weighted by Crippen LogP contribution is -2.32. The molecule has 1 heteroatoms. The van der Waals surface area contributed by atoms with Crippen LogP contribution < -0.4 is 5.32 Å². The van der Waals surface area contributed by atoms with E-state index in [1.165, 1.54) is 18.4 Å². The van der Waals surface area contributed by atoms with Gasteiger partial charge in [0.05, 0.1) is 0 Å². The first-order chi connectivity index (χ1) is 9.76. The molecule has 0 saturated carbocycles. The van der Waals surface area contributed by atoms with Gasteiger partial charge in [0.15, 0.2) is 0 Å². The highest BCUT2D eigenvalue weighted by atomic mass is 14.9. The van der Waals surface area contributed by atoms with Crippen molar-refractivity contribution >= 4 is 0 Å². The van der Waals surface area contributed by atoms with Crippen molar-refractivity contribution in [2.75, 3.05) is 6.54 Å². The van der Waals surface area contributed by atoms with Crippen LogP contribution in [0.1, 0.15) is 59.9 Å². The number of hydrogen-bond donors (Lipinski definition) is 1. The standard InChI is InChI=1S/C20H35N/c1-16(14-20(4,5)6)12-18(3)21-15-17(2)13-19-10-8-7-9-11-19/h7-11,16-18,21H,12-15H2,1-6H3. The Bertz CT molecular complexity index is 377. The third-order valence-electron chi connectivity index (χ3n) is 3.96. The van der Waals surface area contributed by atoms with Crippen molar-refractivity contribution in [1.82, 2.24) is 5.32 Å². The largest absolute Gasteiger partial charge is 0.314 e. The zero-order valence-corrected chi connectivity index (χ0v) is 14.9. The van der Waals surface area contributed by atoms with Crippen molar-refractivity contribution in [3.8, 4) is 0 Å². The summed E-state index contributed by atoms with van der Waals surface area (Å²) in [6.45, 7) is 15.2. The molecule has 0 heterocycles. The second-order valence-corrected chi connectivity index (χ2v) is 8.21. The SMILES string of the molecule is CC(CNC(C)CC(C)CC(C)(C)C)Cc1ccccc1. The minimum atomic E-state index is 0.444. The quantitative estimate of drug-likeness (QED) is 0.684. The molecule has 0 aliphatic heterocycles. The minimum Gasteiger partial charge on any atom is -0.314 e. The minimum absolute atomic E-state index is 0.444. The Kier molecular flexibility index (Phi) is 7.45. The molecule has 120 valence electrons. The van der Waals surface area contributed by atoms with Gasteiger partial charge >= 0.3 is 0 Å². The van der Waals surface area contributed by atoms with Gasteiger partial charge < -0.3 is 5.32 Å². The van der Waals surface area contributed by atoms with Gasteiger partial charge in [-0.25, -0.2) is 0 Å². The van der Waals surface area contributed by atoms with E-state index in [1.807, 2.05) is 0 Å². The molecule has 0 aliphatic rings. The summed E-state index contributed by atoms with van der Waals surface area (Å²) in [4.78, 5) is 0. The van der Waals surface area contributed by atoms with E-state index in [2.05, 4.69) is 77.2 Å². The van der Waals surface area contributed by atoms with E-state index in [0.717, 1.165) is 18.9 Å². The summed E-state index contributed by atoms with van der Waals surface area (Å²) in [5.74, 6) is 1.48. The monoisotopic (exact) mass is 289 g/mol. The molecule has 0 aromatic heterocycles. The number of rotatable bonds is 8. The maximum atomic E-state index is 3.72. The van der Waals surface area contributed by atoms with Crippen molar-refractivity contribution in [3.05, 3.63) is 35.9 Å². The highest BCUT2D eigenvalue weighted by Crippen LogP contribution is 2.26. The van der Waals surface area contributed by atoms with Crippen LogP contribution in [0.4, 0.5) is 0 Å². The molecule has 0 fully saturated rings. The van der Waals surface area contributed by atoms with E-state index in [1.54, 1.807) is 0 Å². The van der Waals surface area contributed by atoms with E-state index in [4.69, 9.17) is 0 Å². The van der Waals surface area contributed by atoms with Crippen LogP contribution in [0.15, 0.2) is 30.3 Å². The van der Waals surface area contributed by atoms with E-state index >= 15 is 0 Å². The molecule has 1 N–H and O–H groups in total. The predicted octanol–water partition coefficient (Wildman–Crippen LogP) is 5.31. The number of benzene rings is 1. The van der Waals surface area contributed by atoms with Gasteiger partial charge in [-0.3, -0.25) is 0 Å². The summed E-state index contributed by atoms with van der Waals surface area (Å²) >= 11 is 0. The first kappa shape index (κ1) is 18.2. The van der Waals surface area contributed by atoms with Crippen LogP contribution in [0.2, 0.25) is 0 Å². The summed E-state index contributed by atoms with van der Waals surface area (Å²) < 4.78 is 0. The topological polar surface area (TPSA) is 12.0 Å². The molecule has 1 aromatic rings. The van der Waals surface area contributed by atoms with E-state index < -0.39 is 0 Å². The molecular weight excluding hydrogens is 254 g/mol. The van der Waals surface area contributed by atoms with Crippen molar-refractivity contribution in [2.45, 2.75) is 66.8 Å². The van der Waals surface area contributed by atoms with Crippen LogP contribution in [-0.4, -0.2) is 12.6 Å². The summed E-state index contributed by atoms with van der Waals surface area (Å²) in [5.41, 5.74) is 1.89. The van der Waals surface area contributed by atoms with Crippen LogP contribution in [0.25, 0.3) is 0 Å². The average Bonchev–Trinajstić information content (AvgIpc) is 2.35. The Hall–Kier alpha value is -0.820. The van der Waals surface area contributed by atoms with Crippen molar-refractivity contribution in [1.29, 1.82) is 0 Å². The maximum Gasteiger partial charge on any atom is 0.00413 e. The van der Waals surface area contributed by atoms with Gasteiger partial charge in [-0.15, -0.1) is 0 Å². The van der Waals surface area contributed by atoms with Gasteiger partial charge in [0.1, 0.15) is 0 Å². The summed E-state index contributed by atoms with van der Waals surface area (Å²) in [7, 11) is 0. The predicted molar refractivity (Wildman–Crippen MR) is 94.6 cm³/mol. The van der Waals surface area contributed by atoms with Crippen molar-refractivity contribution in [2.24, 2.45) is 17.3 Å². The van der Waals surface area contributed by atoms with Gasteiger partial charge in [0.2, 0.25) is 0 Å². The smallest absolute Gasteiger partial charge is 0.00413 e. The molecule has 3 atom stereocenters. The second kappa shape index (κ2) is 8.58. The van der Waals surface area contributed by atoms with Gasteiger partial charge in [-0.2, -0.15) is 0 Å². The van der Waals surface area contributed by atoms with E-state index in [0.29, 0.717) is 17.4 Å². The molecule has 21 heavy (non-hydrogen) atoms. The van der Waals surface area contributed by atoms with Crippen molar-refractivity contribution < 1.29 is 0 Å². The molecule has 1 aromatic carbocycles. The molecule has 1 rings (SSSR count). The van der Waals surface area contributed by atoms with Gasteiger partial charge in [0.25, 0.3) is 0 Å². The third-order valence-corrected chi connectivity index (χ3v) is 3.96. The highest BCUT2D eigenvalue weighted by molar-refractivity contribution is 5.15. The molecule has 0 saturated heterocycles. The Morgan fingerprint density at radius 2 is 1.57 bits per heavy atom. The molecule has 1 nitrogen and oxygen atoms in total. The lowest BCUT2D eigenvalue weighted by Gasteiger charge is -2.26. The van der Waals surface area contributed by atoms with E-state index in [-0.39, 0.29) is 0 Å². The van der Waals surface area contributed by atoms with Gasteiger partial charge in [0, 0.05) is 6.04 Å². The molecule has 3 unspecified atom stereocenters. The summed E-state index contributed by atoms with van der Waals surface area (Å²) in [5, 5.41) is 3.72. The number of nitrogens with one attached hydrogen (secondary N) is 1. The molecule has 0 aliphatic carbocycles. The number of hydrogen-bond acceptors (Lipinski definition) is 1. The average molecular weight is 290 g/mol. The first-order valence-electron chi connectivity index (χ1n) is 8.53. The Labute approximate surface area is 132 Å². The normalized spacial score (nSPS) is 16.5.